The SMILES string of the molecule is COCCNC1(c2nc3c(s2)CCC3)CCSC1C. The van der Waals surface area contributed by atoms with Crippen LogP contribution in [0.5, 0.6) is 0 Å². The van der Waals surface area contributed by atoms with Gasteiger partial charge in [0.2, 0.25) is 0 Å². The standard InChI is InChI=1S/C14H22N2OS2/c1-10-14(6-9-18-10,15-7-8-17-2)13-16-11-4-3-5-12(11)19-13/h10,15H,3-9H2,1-2H3. The number of hydrogen-bond acceptors (Lipinski definition) is 5. The van der Waals surface area contributed by atoms with E-state index < -0.39 is 0 Å². The predicted octanol–water partition coefficient (Wildman–Crippen LogP) is 2.59. The summed E-state index contributed by atoms with van der Waals surface area (Å²) in [7, 11) is 1.76. The fraction of sp³-hybridized carbons (Fsp3) is 0.786. The molecule has 1 aromatic heterocycles. The summed E-state index contributed by atoms with van der Waals surface area (Å²) in [5.74, 6) is 1.23. The first-order valence-corrected chi connectivity index (χ1v) is 8.97. The van der Waals surface area contributed by atoms with E-state index in [1.165, 1.54) is 47.0 Å². The largest absolute Gasteiger partial charge is 0.383 e. The molecule has 2 unspecified atom stereocenters. The molecule has 1 aromatic rings. The minimum atomic E-state index is 0.0816. The smallest absolute Gasteiger partial charge is 0.114 e. The van der Waals surface area contributed by atoms with Crippen molar-refractivity contribution in [3.63, 3.8) is 0 Å². The summed E-state index contributed by atoms with van der Waals surface area (Å²) in [5, 5.41) is 5.67. The second-order valence-corrected chi connectivity index (χ2v) is 7.93. The number of ether oxygens (including phenoxy) is 1. The number of nitrogens with zero attached hydrogens (tertiary/aromatic N) is 1. The molecule has 0 bridgehead atoms. The Kier molecular flexibility index (Phi) is 4.17. The third kappa shape index (κ3) is 2.46. The van der Waals surface area contributed by atoms with Crippen LogP contribution in [-0.2, 0) is 23.1 Å². The average Bonchev–Trinajstić information content (AvgIpc) is 3.04. The Morgan fingerprint density at radius 1 is 1.47 bits per heavy atom. The fourth-order valence-electron chi connectivity index (χ4n) is 3.09. The van der Waals surface area contributed by atoms with E-state index in [1.807, 2.05) is 11.3 Å². The normalized spacial score (nSPS) is 29.9. The number of fused-ring (bicyclic) bond motifs is 1. The highest BCUT2D eigenvalue weighted by atomic mass is 32.2. The number of aryl methyl sites for hydroxylation is 2. The van der Waals surface area contributed by atoms with Crippen LogP contribution in [0.1, 0.15) is 35.3 Å². The predicted molar refractivity (Wildman–Crippen MR) is 82.2 cm³/mol. The minimum absolute atomic E-state index is 0.0816. The van der Waals surface area contributed by atoms with E-state index in [0.29, 0.717) is 5.25 Å². The molecule has 0 radical (unpaired) electrons. The summed E-state index contributed by atoms with van der Waals surface area (Å²) in [6.45, 7) is 4.01. The average molecular weight is 298 g/mol. The van der Waals surface area contributed by atoms with Crippen LogP contribution < -0.4 is 5.32 Å². The van der Waals surface area contributed by atoms with Gasteiger partial charge >= 0.3 is 0 Å². The van der Waals surface area contributed by atoms with E-state index in [-0.39, 0.29) is 5.54 Å². The molecule has 2 heterocycles. The van der Waals surface area contributed by atoms with Crippen molar-refractivity contribution in [2.75, 3.05) is 26.0 Å². The van der Waals surface area contributed by atoms with Crippen molar-refractivity contribution in [2.24, 2.45) is 0 Å². The summed E-state index contributed by atoms with van der Waals surface area (Å²) >= 11 is 4.01. The molecule has 2 aliphatic rings. The summed E-state index contributed by atoms with van der Waals surface area (Å²) in [6.07, 6.45) is 4.90. The van der Waals surface area contributed by atoms with Crippen molar-refractivity contribution in [3.8, 4) is 0 Å². The number of nitrogens with one attached hydrogen (secondary N) is 1. The van der Waals surface area contributed by atoms with E-state index in [9.17, 15) is 0 Å². The van der Waals surface area contributed by atoms with Gasteiger partial charge in [-0.1, -0.05) is 6.92 Å². The molecular weight excluding hydrogens is 276 g/mol. The Labute approximate surface area is 123 Å². The molecule has 0 aromatic carbocycles. The molecule has 3 nitrogen and oxygen atoms in total. The molecule has 3 rings (SSSR count). The molecular formula is C14H22N2OS2. The fourth-order valence-corrected chi connectivity index (χ4v) is 5.99. The van der Waals surface area contributed by atoms with Crippen molar-refractivity contribution in [2.45, 2.75) is 43.4 Å². The highest BCUT2D eigenvalue weighted by Crippen LogP contribution is 2.45. The zero-order valence-corrected chi connectivity index (χ0v) is 13.3. The summed E-state index contributed by atoms with van der Waals surface area (Å²) in [5.41, 5.74) is 1.45. The maximum Gasteiger partial charge on any atom is 0.114 e. The Bertz CT molecular complexity index is 427. The van der Waals surface area contributed by atoms with Crippen molar-refractivity contribution in [1.82, 2.24) is 10.3 Å². The number of methoxy groups -OCH3 is 1. The lowest BCUT2D eigenvalue weighted by atomic mass is 9.93. The first kappa shape index (κ1) is 13.9. The Morgan fingerprint density at radius 2 is 2.37 bits per heavy atom. The molecule has 0 saturated carbocycles. The van der Waals surface area contributed by atoms with Gasteiger partial charge in [-0.3, -0.25) is 0 Å². The molecule has 2 atom stereocenters. The minimum Gasteiger partial charge on any atom is -0.383 e. The van der Waals surface area contributed by atoms with Crippen molar-refractivity contribution in [1.29, 1.82) is 0 Å². The molecule has 1 aliphatic carbocycles. The van der Waals surface area contributed by atoms with Crippen molar-refractivity contribution >= 4 is 23.1 Å². The van der Waals surface area contributed by atoms with E-state index in [1.54, 1.807) is 7.11 Å². The number of thioether (sulfide) groups is 1. The second-order valence-electron chi connectivity index (χ2n) is 5.40. The molecule has 1 fully saturated rings. The molecule has 5 heteroatoms. The van der Waals surface area contributed by atoms with Gasteiger partial charge in [-0.05, 0) is 31.4 Å². The highest BCUT2D eigenvalue weighted by molar-refractivity contribution is 8.00. The van der Waals surface area contributed by atoms with Crippen LogP contribution >= 0.6 is 23.1 Å². The Hall–Kier alpha value is -0.100. The topological polar surface area (TPSA) is 34.1 Å². The lowest BCUT2D eigenvalue weighted by molar-refractivity contribution is 0.183. The van der Waals surface area contributed by atoms with E-state index in [0.717, 1.165) is 13.2 Å². The van der Waals surface area contributed by atoms with Crippen LogP contribution in [-0.4, -0.2) is 36.2 Å². The monoisotopic (exact) mass is 298 g/mol. The van der Waals surface area contributed by atoms with E-state index in [4.69, 9.17) is 9.72 Å². The third-order valence-corrected chi connectivity index (χ3v) is 6.96. The highest BCUT2D eigenvalue weighted by Gasteiger charge is 2.45. The van der Waals surface area contributed by atoms with Crippen molar-refractivity contribution in [3.05, 3.63) is 15.6 Å². The third-order valence-electron chi connectivity index (χ3n) is 4.28. The van der Waals surface area contributed by atoms with Gasteiger partial charge < -0.3 is 10.1 Å². The Balaban J connectivity index is 1.85. The van der Waals surface area contributed by atoms with Crippen LogP contribution in [0, 0.1) is 0 Å². The van der Waals surface area contributed by atoms with E-state index in [2.05, 4.69) is 24.0 Å². The van der Waals surface area contributed by atoms with Gasteiger partial charge in [-0.2, -0.15) is 11.8 Å². The first-order chi connectivity index (χ1) is 9.26. The zero-order valence-electron chi connectivity index (χ0n) is 11.7. The molecule has 0 spiro atoms. The molecule has 19 heavy (non-hydrogen) atoms. The van der Waals surface area contributed by atoms with Crippen LogP contribution in [0.25, 0.3) is 0 Å². The number of thiazole rings is 1. The van der Waals surface area contributed by atoms with Gasteiger partial charge in [0.05, 0.1) is 17.8 Å². The summed E-state index contributed by atoms with van der Waals surface area (Å²) < 4.78 is 5.19. The summed E-state index contributed by atoms with van der Waals surface area (Å²) in [4.78, 5) is 6.51. The first-order valence-electron chi connectivity index (χ1n) is 7.11. The van der Waals surface area contributed by atoms with Gasteiger partial charge in [-0.15, -0.1) is 11.3 Å². The van der Waals surface area contributed by atoms with Gasteiger partial charge in [0.15, 0.2) is 0 Å². The molecule has 106 valence electrons. The molecule has 1 aliphatic heterocycles. The number of rotatable bonds is 5. The van der Waals surface area contributed by atoms with Crippen LogP contribution in [0.4, 0.5) is 0 Å². The van der Waals surface area contributed by atoms with Gasteiger partial charge in [-0.25, -0.2) is 4.98 Å². The Morgan fingerprint density at radius 3 is 3.05 bits per heavy atom. The zero-order chi connectivity index (χ0) is 13.3. The lowest BCUT2D eigenvalue weighted by Gasteiger charge is -2.32. The van der Waals surface area contributed by atoms with Gasteiger partial charge in [0, 0.05) is 23.8 Å². The van der Waals surface area contributed by atoms with Crippen LogP contribution in [0.3, 0.4) is 0 Å². The van der Waals surface area contributed by atoms with Crippen LogP contribution in [0.2, 0.25) is 0 Å². The van der Waals surface area contributed by atoms with E-state index >= 15 is 0 Å². The summed E-state index contributed by atoms with van der Waals surface area (Å²) in [6, 6.07) is 0. The van der Waals surface area contributed by atoms with Gasteiger partial charge in [0.25, 0.3) is 0 Å². The maximum atomic E-state index is 5.19. The number of aromatic nitrogens is 1. The molecule has 0 amide bonds. The lowest BCUT2D eigenvalue weighted by Crippen LogP contribution is -2.48. The molecule has 1 N–H and O–H groups in total. The second kappa shape index (κ2) is 5.72. The molecule has 1 saturated heterocycles. The van der Waals surface area contributed by atoms with Crippen molar-refractivity contribution < 1.29 is 4.74 Å². The quantitative estimate of drug-likeness (QED) is 0.847. The number of hydrogen-bond donors (Lipinski definition) is 1. The maximum absolute atomic E-state index is 5.19. The van der Waals surface area contributed by atoms with Crippen LogP contribution in [0.15, 0.2) is 0 Å². The van der Waals surface area contributed by atoms with Gasteiger partial charge in [0.1, 0.15) is 5.01 Å².